The van der Waals surface area contributed by atoms with Crippen molar-refractivity contribution in [3.8, 4) is 5.75 Å². The average Bonchev–Trinajstić information content (AvgIpc) is 2.89. The second-order valence-corrected chi connectivity index (χ2v) is 7.03. The number of ether oxygens (including phenoxy) is 1. The van der Waals surface area contributed by atoms with Crippen LogP contribution in [0.25, 0.3) is 11.0 Å². The third-order valence-corrected chi connectivity index (χ3v) is 5.31. The molecule has 146 valence electrons. The van der Waals surface area contributed by atoms with Gasteiger partial charge in [0.05, 0.1) is 7.11 Å². The molecule has 2 aromatic carbocycles. The van der Waals surface area contributed by atoms with Gasteiger partial charge < -0.3 is 19.0 Å². The molecule has 1 aliphatic rings. The number of aryl methyl sites for hydroxylation is 1. The molecule has 6 heteroatoms. The summed E-state index contributed by atoms with van der Waals surface area (Å²) >= 11 is 0. The van der Waals surface area contributed by atoms with Crippen molar-refractivity contribution in [2.24, 2.45) is 0 Å². The Labute approximate surface area is 163 Å². The molecule has 1 amide bonds. The predicted molar refractivity (Wildman–Crippen MR) is 107 cm³/mol. The summed E-state index contributed by atoms with van der Waals surface area (Å²) in [7, 11) is 1.62. The molecule has 3 aromatic rings. The maximum atomic E-state index is 13.2. The van der Waals surface area contributed by atoms with Crippen molar-refractivity contribution in [3.05, 3.63) is 59.6 Å². The van der Waals surface area contributed by atoms with E-state index < -0.39 is 0 Å². The van der Waals surface area contributed by atoms with Crippen molar-refractivity contribution in [2.75, 3.05) is 38.2 Å². The SMILES string of the molecule is COc1ccc2oc(C(=O)N3CCCN(c4ccc(F)cc4)CC3)c(C)c2c1. The summed E-state index contributed by atoms with van der Waals surface area (Å²) in [5.41, 5.74) is 2.49. The molecule has 0 saturated carbocycles. The van der Waals surface area contributed by atoms with Gasteiger partial charge in [0.25, 0.3) is 5.91 Å². The summed E-state index contributed by atoms with van der Waals surface area (Å²) in [5, 5.41) is 0.894. The maximum absolute atomic E-state index is 13.2. The van der Waals surface area contributed by atoms with E-state index in [0.29, 0.717) is 31.0 Å². The molecule has 1 fully saturated rings. The zero-order valence-electron chi connectivity index (χ0n) is 16.1. The number of amides is 1. The lowest BCUT2D eigenvalue weighted by molar-refractivity contribution is 0.0736. The number of hydrogen-bond donors (Lipinski definition) is 0. The van der Waals surface area contributed by atoms with Crippen LogP contribution < -0.4 is 9.64 Å². The fourth-order valence-corrected chi connectivity index (χ4v) is 3.71. The number of nitrogens with zero attached hydrogens (tertiary/aromatic N) is 2. The standard InChI is InChI=1S/C22H23FN2O3/c1-15-19-14-18(27-2)8-9-20(19)28-21(15)22(26)25-11-3-10-24(12-13-25)17-6-4-16(23)5-7-17/h4-9,14H,3,10-13H2,1-2H3. The lowest BCUT2D eigenvalue weighted by atomic mass is 10.1. The second kappa shape index (κ2) is 7.54. The van der Waals surface area contributed by atoms with Gasteiger partial charge in [-0.2, -0.15) is 0 Å². The molecule has 4 rings (SSSR count). The summed E-state index contributed by atoms with van der Waals surface area (Å²) in [4.78, 5) is 17.1. The van der Waals surface area contributed by atoms with Gasteiger partial charge in [-0.3, -0.25) is 4.79 Å². The smallest absolute Gasteiger partial charge is 0.289 e. The molecule has 2 heterocycles. The van der Waals surface area contributed by atoms with Crippen LogP contribution in [0.3, 0.4) is 0 Å². The Hall–Kier alpha value is -3.02. The Bertz CT molecular complexity index is 997. The largest absolute Gasteiger partial charge is 0.497 e. The van der Waals surface area contributed by atoms with E-state index in [1.165, 1.54) is 12.1 Å². The molecule has 0 radical (unpaired) electrons. The predicted octanol–water partition coefficient (Wildman–Crippen LogP) is 4.24. The van der Waals surface area contributed by atoms with Crippen LogP contribution in [0.4, 0.5) is 10.1 Å². The van der Waals surface area contributed by atoms with Crippen LogP contribution in [-0.2, 0) is 0 Å². The van der Waals surface area contributed by atoms with E-state index in [2.05, 4.69) is 4.90 Å². The molecule has 1 aliphatic heterocycles. The third kappa shape index (κ3) is 3.42. The number of methoxy groups -OCH3 is 1. The van der Waals surface area contributed by atoms with Gasteiger partial charge in [-0.25, -0.2) is 4.39 Å². The number of hydrogen-bond acceptors (Lipinski definition) is 4. The van der Waals surface area contributed by atoms with Crippen molar-refractivity contribution < 1.29 is 18.3 Å². The van der Waals surface area contributed by atoms with Crippen LogP contribution in [0, 0.1) is 12.7 Å². The monoisotopic (exact) mass is 382 g/mol. The number of rotatable bonds is 3. The van der Waals surface area contributed by atoms with Crippen LogP contribution in [0.15, 0.2) is 46.9 Å². The van der Waals surface area contributed by atoms with E-state index in [1.807, 2.05) is 30.0 Å². The Balaban J connectivity index is 1.53. The molecule has 1 aromatic heterocycles. The molecule has 0 atom stereocenters. The van der Waals surface area contributed by atoms with Gasteiger partial charge in [-0.05, 0) is 55.8 Å². The van der Waals surface area contributed by atoms with E-state index in [1.54, 1.807) is 19.2 Å². The molecule has 0 unspecified atom stereocenters. The van der Waals surface area contributed by atoms with E-state index in [4.69, 9.17) is 9.15 Å². The molecule has 0 aliphatic carbocycles. The quantitative estimate of drug-likeness (QED) is 0.680. The molecule has 0 bridgehead atoms. The lowest BCUT2D eigenvalue weighted by Crippen LogP contribution is -2.35. The first kappa shape index (κ1) is 18.3. The molecule has 28 heavy (non-hydrogen) atoms. The van der Waals surface area contributed by atoms with E-state index in [9.17, 15) is 9.18 Å². The zero-order valence-corrected chi connectivity index (χ0v) is 16.1. The molecule has 1 saturated heterocycles. The number of fused-ring (bicyclic) bond motifs is 1. The summed E-state index contributed by atoms with van der Waals surface area (Å²) in [6.45, 7) is 4.68. The second-order valence-electron chi connectivity index (χ2n) is 7.03. The first-order valence-corrected chi connectivity index (χ1v) is 9.44. The van der Waals surface area contributed by atoms with E-state index in [0.717, 1.165) is 35.4 Å². The highest BCUT2D eigenvalue weighted by Crippen LogP contribution is 2.30. The van der Waals surface area contributed by atoms with Crippen molar-refractivity contribution in [1.82, 2.24) is 4.90 Å². The normalized spacial score (nSPS) is 15.0. The number of anilines is 1. The number of benzene rings is 2. The van der Waals surface area contributed by atoms with Crippen LogP contribution in [0.1, 0.15) is 22.5 Å². The third-order valence-electron chi connectivity index (χ3n) is 5.31. The summed E-state index contributed by atoms with van der Waals surface area (Å²) in [6, 6.07) is 12.0. The van der Waals surface area contributed by atoms with Crippen LogP contribution >= 0.6 is 0 Å². The highest BCUT2D eigenvalue weighted by molar-refractivity contribution is 5.99. The van der Waals surface area contributed by atoms with Crippen molar-refractivity contribution in [1.29, 1.82) is 0 Å². The Morgan fingerprint density at radius 2 is 1.86 bits per heavy atom. The Morgan fingerprint density at radius 3 is 2.61 bits per heavy atom. The van der Waals surface area contributed by atoms with Crippen molar-refractivity contribution in [3.63, 3.8) is 0 Å². The zero-order chi connectivity index (χ0) is 19.7. The summed E-state index contributed by atoms with van der Waals surface area (Å²) in [6.07, 6.45) is 0.843. The highest BCUT2D eigenvalue weighted by atomic mass is 19.1. The van der Waals surface area contributed by atoms with Gasteiger partial charge in [0.15, 0.2) is 5.76 Å². The molecule has 0 N–H and O–H groups in total. The van der Waals surface area contributed by atoms with Gasteiger partial charge in [0, 0.05) is 42.8 Å². The van der Waals surface area contributed by atoms with Crippen LogP contribution in [0.5, 0.6) is 5.75 Å². The molecular formula is C22H23FN2O3. The fraction of sp³-hybridized carbons (Fsp3) is 0.318. The first-order valence-electron chi connectivity index (χ1n) is 9.44. The summed E-state index contributed by atoms with van der Waals surface area (Å²) in [5.74, 6) is 0.791. The highest BCUT2D eigenvalue weighted by Gasteiger charge is 2.25. The molecule has 0 spiro atoms. The lowest BCUT2D eigenvalue weighted by Gasteiger charge is -2.23. The Kier molecular flexibility index (Phi) is 4.94. The van der Waals surface area contributed by atoms with E-state index in [-0.39, 0.29) is 11.7 Å². The minimum Gasteiger partial charge on any atom is -0.497 e. The van der Waals surface area contributed by atoms with Gasteiger partial charge >= 0.3 is 0 Å². The first-order chi connectivity index (χ1) is 13.6. The minimum atomic E-state index is -0.243. The van der Waals surface area contributed by atoms with Gasteiger partial charge in [0.1, 0.15) is 17.1 Å². The van der Waals surface area contributed by atoms with Gasteiger partial charge in [-0.15, -0.1) is 0 Å². The number of carbonyl (C=O) groups excluding carboxylic acids is 1. The molecular weight excluding hydrogens is 359 g/mol. The van der Waals surface area contributed by atoms with Crippen LogP contribution in [0.2, 0.25) is 0 Å². The molecule has 5 nitrogen and oxygen atoms in total. The average molecular weight is 382 g/mol. The van der Waals surface area contributed by atoms with Crippen molar-refractivity contribution in [2.45, 2.75) is 13.3 Å². The van der Waals surface area contributed by atoms with E-state index >= 15 is 0 Å². The Morgan fingerprint density at radius 1 is 1.07 bits per heavy atom. The van der Waals surface area contributed by atoms with Crippen molar-refractivity contribution >= 4 is 22.6 Å². The number of furan rings is 1. The fourth-order valence-electron chi connectivity index (χ4n) is 3.71. The maximum Gasteiger partial charge on any atom is 0.289 e. The summed E-state index contributed by atoms with van der Waals surface area (Å²) < 4.78 is 24.3. The minimum absolute atomic E-state index is 0.0892. The number of carbonyl (C=O) groups is 1. The van der Waals surface area contributed by atoms with Gasteiger partial charge in [-0.1, -0.05) is 0 Å². The van der Waals surface area contributed by atoms with Crippen LogP contribution in [-0.4, -0.2) is 44.1 Å². The number of halogens is 1. The topological polar surface area (TPSA) is 45.9 Å². The van der Waals surface area contributed by atoms with Gasteiger partial charge in [0.2, 0.25) is 0 Å².